The van der Waals surface area contributed by atoms with Crippen LogP contribution in [0.3, 0.4) is 0 Å². The second kappa shape index (κ2) is 4.67. The second-order valence-corrected chi connectivity index (χ2v) is 5.19. The monoisotopic (exact) mass is 254 g/mol. The highest BCUT2D eigenvalue weighted by Gasteiger charge is 2.39. The van der Waals surface area contributed by atoms with Gasteiger partial charge in [0.25, 0.3) is 0 Å². The van der Waals surface area contributed by atoms with Crippen molar-refractivity contribution in [2.45, 2.75) is 18.8 Å². The molecule has 0 spiro atoms. The van der Waals surface area contributed by atoms with Crippen LogP contribution in [0.4, 0.5) is 0 Å². The SMILES string of the molecule is CC(CC1COC1)(C(=O)O)c1cccc(Cl)c1. The van der Waals surface area contributed by atoms with Crippen LogP contribution in [0.5, 0.6) is 0 Å². The van der Waals surface area contributed by atoms with Crippen molar-refractivity contribution in [2.75, 3.05) is 13.2 Å². The summed E-state index contributed by atoms with van der Waals surface area (Å²) in [6, 6.07) is 7.09. The molecule has 0 saturated carbocycles. The van der Waals surface area contributed by atoms with Gasteiger partial charge in [-0.05, 0) is 31.0 Å². The fourth-order valence-corrected chi connectivity index (χ4v) is 2.33. The lowest BCUT2D eigenvalue weighted by Crippen LogP contribution is -2.40. The van der Waals surface area contributed by atoms with E-state index in [1.807, 2.05) is 6.07 Å². The molecule has 1 heterocycles. The van der Waals surface area contributed by atoms with Gasteiger partial charge in [-0.1, -0.05) is 23.7 Å². The first-order valence-corrected chi connectivity index (χ1v) is 5.97. The number of carboxylic acids is 1. The van der Waals surface area contributed by atoms with Crippen LogP contribution in [0.25, 0.3) is 0 Å². The van der Waals surface area contributed by atoms with Gasteiger partial charge in [0.15, 0.2) is 0 Å². The molecule has 1 unspecified atom stereocenters. The summed E-state index contributed by atoms with van der Waals surface area (Å²) in [5.41, 5.74) is -0.135. The lowest BCUT2D eigenvalue weighted by atomic mass is 9.75. The Morgan fingerprint density at radius 2 is 2.29 bits per heavy atom. The smallest absolute Gasteiger partial charge is 0.313 e. The van der Waals surface area contributed by atoms with Gasteiger partial charge >= 0.3 is 5.97 Å². The Morgan fingerprint density at radius 3 is 2.76 bits per heavy atom. The average molecular weight is 255 g/mol. The van der Waals surface area contributed by atoms with Gasteiger partial charge in [-0.3, -0.25) is 4.79 Å². The normalized spacial score (nSPS) is 19.4. The Labute approximate surface area is 105 Å². The summed E-state index contributed by atoms with van der Waals surface area (Å²) >= 11 is 5.92. The van der Waals surface area contributed by atoms with Gasteiger partial charge in [-0.25, -0.2) is 0 Å². The molecule has 1 saturated heterocycles. The van der Waals surface area contributed by atoms with Crippen molar-refractivity contribution >= 4 is 17.6 Å². The maximum Gasteiger partial charge on any atom is 0.313 e. The summed E-state index contributed by atoms with van der Waals surface area (Å²) in [5.74, 6) is -0.484. The highest BCUT2D eigenvalue weighted by atomic mass is 35.5. The van der Waals surface area contributed by atoms with Crippen LogP contribution >= 0.6 is 11.6 Å². The Morgan fingerprint density at radius 1 is 1.59 bits per heavy atom. The molecule has 1 aromatic carbocycles. The van der Waals surface area contributed by atoms with E-state index in [1.54, 1.807) is 25.1 Å². The molecule has 1 fully saturated rings. The fraction of sp³-hybridized carbons (Fsp3) is 0.462. The number of rotatable bonds is 4. The van der Waals surface area contributed by atoms with E-state index in [-0.39, 0.29) is 0 Å². The van der Waals surface area contributed by atoms with Crippen LogP contribution in [0.15, 0.2) is 24.3 Å². The number of carbonyl (C=O) groups is 1. The molecule has 1 aromatic rings. The predicted molar refractivity (Wildman–Crippen MR) is 65.4 cm³/mol. The Kier molecular flexibility index (Phi) is 3.40. The first-order valence-electron chi connectivity index (χ1n) is 5.59. The van der Waals surface area contributed by atoms with E-state index in [0.29, 0.717) is 30.6 Å². The van der Waals surface area contributed by atoms with Crippen molar-refractivity contribution in [3.8, 4) is 0 Å². The molecule has 1 N–H and O–H groups in total. The minimum absolute atomic E-state index is 0.329. The van der Waals surface area contributed by atoms with Gasteiger partial charge in [0.05, 0.1) is 18.6 Å². The third kappa shape index (κ3) is 2.45. The third-order valence-electron chi connectivity index (χ3n) is 3.34. The first-order chi connectivity index (χ1) is 8.02. The van der Waals surface area contributed by atoms with E-state index in [1.165, 1.54) is 0 Å². The van der Waals surface area contributed by atoms with E-state index in [4.69, 9.17) is 16.3 Å². The Hall–Kier alpha value is -1.06. The second-order valence-electron chi connectivity index (χ2n) is 4.76. The van der Waals surface area contributed by atoms with E-state index < -0.39 is 11.4 Å². The Balaban J connectivity index is 2.29. The summed E-state index contributed by atoms with van der Waals surface area (Å²) in [5, 5.41) is 10.0. The number of ether oxygens (including phenoxy) is 1. The zero-order valence-corrected chi connectivity index (χ0v) is 10.4. The van der Waals surface area contributed by atoms with Crippen LogP contribution in [0, 0.1) is 5.92 Å². The van der Waals surface area contributed by atoms with Gasteiger partial charge in [0, 0.05) is 10.9 Å². The molecule has 2 rings (SSSR count). The number of hydrogen-bond donors (Lipinski definition) is 1. The molecule has 0 bridgehead atoms. The summed E-state index contributed by atoms with van der Waals surface area (Å²) in [7, 11) is 0. The van der Waals surface area contributed by atoms with E-state index in [0.717, 1.165) is 5.56 Å². The van der Waals surface area contributed by atoms with E-state index >= 15 is 0 Å². The number of benzene rings is 1. The standard InChI is InChI=1S/C13H15ClO3/c1-13(12(15)16,6-9-7-17-8-9)10-3-2-4-11(14)5-10/h2-5,9H,6-8H2,1H3,(H,15,16). The lowest BCUT2D eigenvalue weighted by Gasteiger charge is -2.34. The minimum Gasteiger partial charge on any atom is -0.481 e. The molecule has 1 aliphatic rings. The van der Waals surface area contributed by atoms with Crippen LogP contribution in [0.2, 0.25) is 5.02 Å². The highest BCUT2D eigenvalue weighted by Crippen LogP contribution is 2.35. The van der Waals surface area contributed by atoms with E-state index in [9.17, 15) is 9.90 Å². The zero-order valence-electron chi connectivity index (χ0n) is 9.65. The highest BCUT2D eigenvalue weighted by molar-refractivity contribution is 6.30. The summed E-state index contributed by atoms with van der Waals surface area (Å²) < 4.78 is 5.10. The van der Waals surface area contributed by atoms with Gasteiger partial charge in [-0.15, -0.1) is 0 Å². The van der Waals surface area contributed by atoms with Crippen molar-refractivity contribution in [3.63, 3.8) is 0 Å². The van der Waals surface area contributed by atoms with Crippen LogP contribution in [0.1, 0.15) is 18.9 Å². The molecule has 0 amide bonds. The van der Waals surface area contributed by atoms with Gasteiger partial charge in [0.1, 0.15) is 0 Å². The fourth-order valence-electron chi connectivity index (χ4n) is 2.14. The van der Waals surface area contributed by atoms with Gasteiger partial charge in [-0.2, -0.15) is 0 Å². The molecule has 0 radical (unpaired) electrons. The molecule has 4 heteroatoms. The van der Waals surface area contributed by atoms with Crippen LogP contribution in [-0.4, -0.2) is 24.3 Å². The van der Waals surface area contributed by atoms with Gasteiger partial charge < -0.3 is 9.84 Å². The average Bonchev–Trinajstić information content (AvgIpc) is 2.23. The quantitative estimate of drug-likeness (QED) is 0.899. The topological polar surface area (TPSA) is 46.5 Å². The summed E-state index contributed by atoms with van der Waals surface area (Å²) in [6.07, 6.45) is 0.586. The first kappa shape index (κ1) is 12.4. The lowest BCUT2D eigenvalue weighted by molar-refractivity contribution is -0.145. The van der Waals surface area contributed by atoms with Crippen molar-refractivity contribution < 1.29 is 14.6 Å². The largest absolute Gasteiger partial charge is 0.481 e. The number of aliphatic carboxylic acids is 1. The molecular formula is C13H15ClO3. The zero-order chi connectivity index (χ0) is 12.5. The number of carboxylic acid groups (broad SMARTS) is 1. The van der Waals surface area contributed by atoms with Crippen LogP contribution < -0.4 is 0 Å². The van der Waals surface area contributed by atoms with Crippen molar-refractivity contribution in [1.82, 2.24) is 0 Å². The maximum atomic E-state index is 11.5. The molecule has 0 aromatic heterocycles. The van der Waals surface area contributed by atoms with Crippen molar-refractivity contribution in [3.05, 3.63) is 34.9 Å². The minimum atomic E-state index is -0.890. The van der Waals surface area contributed by atoms with Crippen molar-refractivity contribution in [1.29, 1.82) is 0 Å². The molecule has 92 valence electrons. The molecule has 3 nitrogen and oxygen atoms in total. The van der Waals surface area contributed by atoms with Crippen molar-refractivity contribution in [2.24, 2.45) is 5.92 Å². The van der Waals surface area contributed by atoms with Gasteiger partial charge in [0.2, 0.25) is 0 Å². The molecule has 1 atom stereocenters. The number of hydrogen-bond acceptors (Lipinski definition) is 2. The Bertz CT molecular complexity index is 428. The summed E-state index contributed by atoms with van der Waals surface area (Å²) in [6.45, 7) is 3.06. The van der Waals surface area contributed by atoms with Crippen LogP contribution in [-0.2, 0) is 14.9 Å². The predicted octanol–water partition coefficient (Wildman–Crippen LogP) is 2.72. The molecular weight excluding hydrogens is 240 g/mol. The van der Waals surface area contributed by atoms with E-state index in [2.05, 4.69) is 0 Å². The third-order valence-corrected chi connectivity index (χ3v) is 3.57. The summed E-state index contributed by atoms with van der Waals surface area (Å²) in [4.78, 5) is 11.5. The molecule has 1 aliphatic heterocycles. The molecule has 0 aliphatic carbocycles. The molecule has 17 heavy (non-hydrogen) atoms. The number of halogens is 1. The maximum absolute atomic E-state index is 11.5.